The molecule has 0 spiro atoms. The molecule has 0 aromatic rings. The summed E-state index contributed by atoms with van der Waals surface area (Å²) in [6.45, 7) is 2.59. The normalized spacial score (nSPS) is 12.7. The van der Waals surface area contributed by atoms with Gasteiger partial charge >= 0.3 is 0 Å². The van der Waals surface area contributed by atoms with Crippen molar-refractivity contribution in [3.8, 4) is 0 Å². The summed E-state index contributed by atoms with van der Waals surface area (Å²) < 4.78 is 21.6. The summed E-state index contributed by atoms with van der Waals surface area (Å²) in [5.41, 5.74) is 0. The Morgan fingerprint density at radius 2 is 1.92 bits per heavy atom. The number of sulfonamides is 1. The average molecular weight is 234 g/mol. The zero-order valence-corrected chi connectivity index (χ0v) is 8.92. The van der Waals surface area contributed by atoms with Gasteiger partial charge in [0.15, 0.2) is 4.33 Å². The van der Waals surface area contributed by atoms with Crippen LogP contribution in [0.3, 0.4) is 0 Å². The van der Waals surface area contributed by atoms with E-state index in [4.69, 9.17) is 23.2 Å². The molecule has 4 nitrogen and oxygen atoms in total. The van der Waals surface area contributed by atoms with E-state index in [0.29, 0.717) is 0 Å². The molecule has 0 heterocycles. The topological polar surface area (TPSA) is 63.2 Å². The van der Waals surface area contributed by atoms with Crippen molar-refractivity contribution in [2.24, 2.45) is 0 Å². The third kappa shape index (κ3) is 4.13. The molecule has 0 unspecified atom stereocenters. The molecular weight excluding hydrogens is 225 g/mol. The third-order valence-corrected chi connectivity index (χ3v) is 2.63. The fourth-order valence-corrected chi connectivity index (χ4v) is 1.14. The molecule has 12 heavy (non-hydrogen) atoms. The smallest absolute Gasteiger partial charge is 0.269 e. The highest BCUT2D eigenvalue weighted by Crippen LogP contribution is 2.19. The minimum absolute atomic E-state index is 0.192. The van der Waals surface area contributed by atoms with Crippen LogP contribution in [0.15, 0.2) is 0 Å². The van der Waals surface area contributed by atoms with Gasteiger partial charge in [-0.05, 0) is 13.8 Å². The number of hydrogen-bond acceptors (Lipinski definition) is 3. The minimum Gasteiger partial charge on any atom is -0.271 e. The molecule has 0 saturated heterocycles. The van der Waals surface area contributed by atoms with Crippen molar-refractivity contribution in [2.75, 3.05) is 5.75 Å². The maximum absolute atomic E-state index is 10.9. The van der Waals surface area contributed by atoms with Gasteiger partial charge in [-0.3, -0.25) is 9.52 Å². The van der Waals surface area contributed by atoms with E-state index < -0.39 is 20.3 Å². The van der Waals surface area contributed by atoms with Crippen LogP contribution >= 0.6 is 23.2 Å². The Morgan fingerprint density at radius 1 is 1.50 bits per heavy atom. The first kappa shape index (κ1) is 12.0. The lowest BCUT2D eigenvalue weighted by Crippen LogP contribution is -2.40. The maximum atomic E-state index is 10.9. The molecule has 0 radical (unpaired) electrons. The number of alkyl halides is 2. The van der Waals surface area contributed by atoms with E-state index in [1.807, 2.05) is 0 Å². The molecule has 0 bridgehead atoms. The largest absolute Gasteiger partial charge is 0.271 e. The van der Waals surface area contributed by atoms with Crippen molar-refractivity contribution in [3.63, 3.8) is 0 Å². The second-order valence-corrected chi connectivity index (χ2v) is 5.94. The van der Waals surface area contributed by atoms with Crippen LogP contribution in [0.5, 0.6) is 0 Å². The number of halogens is 2. The van der Waals surface area contributed by atoms with E-state index in [0.717, 1.165) is 0 Å². The van der Waals surface area contributed by atoms with Gasteiger partial charge in [-0.25, -0.2) is 8.42 Å². The Hall–Kier alpha value is -0.000000000000000111. The van der Waals surface area contributed by atoms with Gasteiger partial charge in [0.25, 0.3) is 5.91 Å². The molecule has 0 aliphatic rings. The number of nitrogens with one attached hydrogen (secondary N) is 1. The zero-order chi connectivity index (χ0) is 9.99. The first-order valence-corrected chi connectivity index (χ1v) is 5.52. The summed E-state index contributed by atoms with van der Waals surface area (Å²) in [6.07, 6.45) is 0. The van der Waals surface area contributed by atoms with Gasteiger partial charge in [0.1, 0.15) is 0 Å². The first-order chi connectivity index (χ1) is 5.19. The molecular formula is C5H9Cl2NO3S. The van der Waals surface area contributed by atoms with Gasteiger partial charge < -0.3 is 0 Å². The predicted octanol–water partition coefficient (Wildman–Crippen LogP) is 0.646. The predicted molar refractivity (Wildman–Crippen MR) is 47.7 cm³/mol. The van der Waals surface area contributed by atoms with E-state index in [2.05, 4.69) is 0 Å². The zero-order valence-electron chi connectivity index (χ0n) is 6.60. The van der Waals surface area contributed by atoms with E-state index in [1.54, 1.807) is 4.72 Å². The number of carbonyl (C=O) groups is 1. The maximum Gasteiger partial charge on any atom is 0.269 e. The molecule has 0 aliphatic heterocycles. The number of hydrogen-bond donors (Lipinski definition) is 1. The molecule has 0 aromatic carbocycles. The van der Waals surface area contributed by atoms with Gasteiger partial charge in [0.2, 0.25) is 10.0 Å². The van der Waals surface area contributed by atoms with Crippen LogP contribution in [0.25, 0.3) is 0 Å². The highest BCUT2D eigenvalue weighted by Gasteiger charge is 2.30. The average Bonchev–Trinajstić information content (AvgIpc) is 1.85. The van der Waals surface area contributed by atoms with Gasteiger partial charge in [0, 0.05) is 0 Å². The molecule has 1 amide bonds. The molecule has 0 rings (SSSR count). The van der Waals surface area contributed by atoms with E-state index in [-0.39, 0.29) is 5.75 Å². The Kier molecular flexibility index (Phi) is 3.81. The summed E-state index contributed by atoms with van der Waals surface area (Å²) in [5.74, 6) is -1.13. The lowest BCUT2D eigenvalue weighted by atomic mass is 10.4. The number of carbonyl (C=O) groups excluding carboxylic acids is 1. The fraction of sp³-hybridized carbons (Fsp3) is 0.800. The van der Waals surface area contributed by atoms with Crippen LogP contribution in [0.1, 0.15) is 13.8 Å². The van der Waals surface area contributed by atoms with E-state index in [9.17, 15) is 13.2 Å². The summed E-state index contributed by atoms with van der Waals surface area (Å²) in [5, 5.41) is 0. The van der Waals surface area contributed by atoms with Crippen molar-refractivity contribution in [2.45, 2.75) is 18.2 Å². The Morgan fingerprint density at radius 3 is 2.17 bits per heavy atom. The monoisotopic (exact) mass is 233 g/mol. The molecule has 0 atom stereocenters. The molecule has 0 aliphatic carbocycles. The van der Waals surface area contributed by atoms with Gasteiger partial charge in [0.05, 0.1) is 5.75 Å². The van der Waals surface area contributed by atoms with Crippen LogP contribution in [0, 0.1) is 0 Å². The van der Waals surface area contributed by atoms with Crippen molar-refractivity contribution in [1.29, 1.82) is 0 Å². The third-order valence-electron chi connectivity index (χ3n) is 1.03. The van der Waals surface area contributed by atoms with Crippen LogP contribution in [0.2, 0.25) is 0 Å². The Bertz CT molecular complexity index is 267. The lowest BCUT2D eigenvalue weighted by Gasteiger charge is -2.12. The second kappa shape index (κ2) is 3.81. The number of rotatable bonds is 3. The van der Waals surface area contributed by atoms with Crippen LogP contribution in [0.4, 0.5) is 0 Å². The first-order valence-electron chi connectivity index (χ1n) is 3.12. The highest BCUT2D eigenvalue weighted by molar-refractivity contribution is 7.90. The van der Waals surface area contributed by atoms with Crippen LogP contribution in [-0.2, 0) is 14.8 Å². The second-order valence-electron chi connectivity index (χ2n) is 2.22. The molecule has 7 heteroatoms. The molecule has 0 aromatic heterocycles. The Labute approximate surface area is 81.3 Å². The van der Waals surface area contributed by atoms with Gasteiger partial charge in [-0.1, -0.05) is 23.2 Å². The van der Waals surface area contributed by atoms with Crippen LogP contribution < -0.4 is 4.72 Å². The van der Waals surface area contributed by atoms with Gasteiger partial charge in [-0.2, -0.15) is 0 Å². The van der Waals surface area contributed by atoms with E-state index in [1.165, 1.54) is 13.8 Å². The molecule has 1 N–H and O–H groups in total. The Balaban J connectivity index is 4.42. The summed E-state index contributed by atoms with van der Waals surface area (Å²) in [4.78, 5) is 10.9. The van der Waals surface area contributed by atoms with Crippen molar-refractivity contribution >= 4 is 39.1 Å². The van der Waals surface area contributed by atoms with Gasteiger partial charge in [-0.15, -0.1) is 0 Å². The molecule has 72 valence electrons. The summed E-state index contributed by atoms with van der Waals surface area (Å²) in [7, 11) is -3.57. The quantitative estimate of drug-likeness (QED) is 0.729. The fourth-order valence-electron chi connectivity index (χ4n) is 0.303. The van der Waals surface area contributed by atoms with Crippen molar-refractivity contribution in [3.05, 3.63) is 0 Å². The molecule has 0 saturated carbocycles. The standard InChI is InChI=1S/C5H9Cl2NO3S/c1-3-12(10,11)8-4(9)5(2,6)7/h3H2,1-2H3,(H,8,9). The van der Waals surface area contributed by atoms with E-state index >= 15 is 0 Å². The minimum atomic E-state index is -3.57. The van der Waals surface area contributed by atoms with Crippen molar-refractivity contribution < 1.29 is 13.2 Å². The van der Waals surface area contributed by atoms with Crippen molar-refractivity contribution in [1.82, 2.24) is 4.72 Å². The highest BCUT2D eigenvalue weighted by atomic mass is 35.5. The number of amides is 1. The summed E-state index contributed by atoms with van der Waals surface area (Å²) >= 11 is 10.7. The summed E-state index contributed by atoms with van der Waals surface area (Å²) in [6, 6.07) is 0. The van der Waals surface area contributed by atoms with Crippen LogP contribution in [-0.4, -0.2) is 24.4 Å². The SMILES string of the molecule is CCS(=O)(=O)NC(=O)C(C)(Cl)Cl. The molecule has 0 fully saturated rings. The lowest BCUT2D eigenvalue weighted by molar-refractivity contribution is -0.119.